The monoisotopic (exact) mass is 313 g/mol. The Morgan fingerprint density at radius 2 is 1.65 bits per heavy atom. The summed E-state index contributed by atoms with van der Waals surface area (Å²) in [4.78, 5) is 15.2. The zero-order valence-electron chi connectivity index (χ0n) is 13.9. The van der Waals surface area contributed by atoms with Crippen LogP contribution in [0.5, 0.6) is 0 Å². The first kappa shape index (κ1) is 15.7. The van der Waals surface area contributed by atoms with Crippen LogP contribution < -0.4 is 10.6 Å². The maximum Gasteiger partial charge on any atom is 0.230 e. The van der Waals surface area contributed by atoms with E-state index in [1.807, 2.05) is 12.1 Å². The van der Waals surface area contributed by atoms with E-state index in [1.165, 1.54) is 5.56 Å². The fourth-order valence-electron chi connectivity index (χ4n) is 2.53. The zero-order valence-corrected chi connectivity index (χ0v) is 13.9. The van der Waals surface area contributed by atoms with Crippen LogP contribution in [0.1, 0.15) is 26.3 Å². The van der Waals surface area contributed by atoms with Crippen molar-refractivity contribution in [3.05, 3.63) is 29.8 Å². The number of nitrogen functional groups attached to an aromatic ring is 1. The van der Waals surface area contributed by atoms with Crippen LogP contribution in [0.15, 0.2) is 24.3 Å². The average Bonchev–Trinajstić information content (AvgIpc) is 2.54. The molecule has 1 fully saturated rings. The summed E-state index contributed by atoms with van der Waals surface area (Å²) in [5.74, 6) is 1.48. The molecule has 23 heavy (non-hydrogen) atoms. The Bertz CT molecular complexity index is 672. The third-order valence-corrected chi connectivity index (χ3v) is 3.94. The Labute approximate surface area is 136 Å². The van der Waals surface area contributed by atoms with Gasteiger partial charge in [0.05, 0.1) is 13.2 Å². The molecule has 0 atom stereocenters. The van der Waals surface area contributed by atoms with Crippen LogP contribution >= 0.6 is 0 Å². The van der Waals surface area contributed by atoms with E-state index >= 15 is 0 Å². The van der Waals surface area contributed by atoms with Crippen LogP contribution in [-0.4, -0.2) is 41.3 Å². The second-order valence-electron chi connectivity index (χ2n) is 6.74. The number of rotatable bonds is 2. The first-order valence-electron chi connectivity index (χ1n) is 7.89. The molecule has 1 aliphatic heterocycles. The number of aromatic nitrogens is 3. The predicted octanol–water partition coefficient (Wildman–Crippen LogP) is 2.25. The summed E-state index contributed by atoms with van der Waals surface area (Å²) < 4.78 is 5.37. The lowest BCUT2D eigenvalue weighted by Crippen LogP contribution is -2.37. The maximum atomic E-state index is 5.88. The van der Waals surface area contributed by atoms with Gasteiger partial charge in [-0.1, -0.05) is 45.0 Å². The molecule has 6 heteroatoms. The highest BCUT2D eigenvalue weighted by Gasteiger charge is 2.17. The van der Waals surface area contributed by atoms with E-state index in [-0.39, 0.29) is 11.4 Å². The topological polar surface area (TPSA) is 77.2 Å². The molecule has 0 amide bonds. The lowest BCUT2D eigenvalue weighted by atomic mass is 9.87. The fourth-order valence-corrected chi connectivity index (χ4v) is 2.53. The number of anilines is 2. The Kier molecular flexibility index (Phi) is 4.17. The largest absolute Gasteiger partial charge is 0.378 e. The van der Waals surface area contributed by atoms with Crippen molar-refractivity contribution < 1.29 is 4.74 Å². The average molecular weight is 313 g/mol. The molecule has 1 aromatic heterocycles. The lowest BCUT2D eigenvalue weighted by Gasteiger charge is -2.26. The molecule has 6 nitrogen and oxygen atoms in total. The molecule has 3 rings (SSSR count). The summed E-state index contributed by atoms with van der Waals surface area (Å²) in [6.45, 7) is 9.48. The van der Waals surface area contributed by atoms with Gasteiger partial charge in [-0.15, -0.1) is 0 Å². The first-order valence-corrected chi connectivity index (χ1v) is 7.89. The maximum absolute atomic E-state index is 5.88. The third kappa shape index (κ3) is 3.59. The van der Waals surface area contributed by atoms with Crippen LogP contribution in [0.3, 0.4) is 0 Å². The highest BCUT2D eigenvalue weighted by atomic mass is 16.5. The van der Waals surface area contributed by atoms with E-state index in [2.05, 4.69) is 52.8 Å². The highest BCUT2D eigenvalue weighted by Crippen LogP contribution is 2.25. The molecule has 0 spiro atoms. The molecule has 0 radical (unpaired) electrons. The first-order chi connectivity index (χ1) is 10.9. The standard InChI is InChI=1S/C17H23N5O/c1-17(2,3)13-6-4-12(5-7-13)14-19-15(18)21-16(20-14)22-8-10-23-11-9-22/h4-7H,8-11H2,1-3H3,(H2,18,19,20,21). The zero-order chi connectivity index (χ0) is 16.4. The van der Waals surface area contributed by atoms with Gasteiger partial charge in [-0.05, 0) is 11.0 Å². The number of hydrogen-bond donors (Lipinski definition) is 1. The number of morpholine rings is 1. The fraction of sp³-hybridized carbons (Fsp3) is 0.471. The Morgan fingerprint density at radius 3 is 2.26 bits per heavy atom. The van der Waals surface area contributed by atoms with Gasteiger partial charge in [0.2, 0.25) is 11.9 Å². The third-order valence-electron chi connectivity index (χ3n) is 3.94. The Hall–Kier alpha value is -2.21. The highest BCUT2D eigenvalue weighted by molar-refractivity contribution is 5.58. The van der Waals surface area contributed by atoms with Crippen LogP contribution in [0, 0.1) is 0 Å². The van der Waals surface area contributed by atoms with Crippen LogP contribution in [0.4, 0.5) is 11.9 Å². The normalized spacial score (nSPS) is 15.7. The van der Waals surface area contributed by atoms with Crippen molar-refractivity contribution in [1.82, 2.24) is 15.0 Å². The number of hydrogen-bond acceptors (Lipinski definition) is 6. The molecular formula is C17H23N5O. The molecule has 1 aromatic carbocycles. The molecule has 0 aliphatic carbocycles. The number of benzene rings is 1. The van der Waals surface area contributed by atoms with E-state index < -0.39 is 0 Å². The van der Waals surface area contributed by atoms with Crippen molar-refractivity contribution >= 4 is 11.9 Å². The predicted molar refractivity (Wildman–Crippen MR) is 91.4 cm³/mol. The van der Waals surface area contributed by atoms with Crippen LogP contribution in [0.2, 0.25) is 0 Å². The molecule has 122 valence electrons. The molecule has 2 aromatic rings. The Balaban J connectivity index is 1.91. The van der Waals surface area contributed by atoms with E-state index in [4.69, 9.17) is 10.5 Å². The van der Waals surface area contributed by atoms with Crippen molar-refractivity contribution in [1.29, 1.82) is 0 Å². The second kappa shape index (κ2) is 6.12. The molecule has 2 N–H and O–H groups in total. The summed E-state index contributed by atoms with van der Waals surface area (Å²) in [5.41, 5.74) is 8.22. The van der Waals surface area contributed by atoms with Gasteiger partial charge in [-0.25, -0.2) is 0 Å². The van der Waals surface area contributed by atoms with Gasteiger partial charge >= 0.3 is 0 Å². The van der Waals surface area contributed by atoms with Gasteiger partial charge in [0.25, 0.3) is 0 Å². The summed E-state index contributed by atoms with van der Waals surface area (Å²) in [7, 11) is 0. The minimum atomic E-state index is 0.121. The minimum absolute atomic E-state index is 0.121. The minimum Gasteiger partial charge on any atom is -0.378 e. The number of ether oxygens (including phenoxy) is 1. The van der Waals surface area contributed by atoms with E-state index in [1.54, 1.807) is 0 Å². The van der Waals surface area contributed by atoms with E-state index in [9.17, 15) is 0 Å². The van der Waals surface area contributed by atoms with Crippen LogP contribution in [0.25, 0.3) is 11.4 Å². The summed E-state index contributed by atoms with van der Waals surface area (Å²) in [5, 5.41) is 0. The van der Waals surface area contributed by atoms with Crippen molar-refractivity contribution in [3.8, 4) is 11.4 Å². The molecule has 1 aliphatic rings. The summed E-state index contributed by atoms with van der Waals surface area (Å²) >= 11 is 0. The van der Waals surface area contributed by atoms with Gasteiger partial charge in [0.1, 0.15) is 0 Å². The molecule has 2 heterocycles. The molecule has 0 bridgehead atoms. The molecule has 0 saturated carbocycles. The van der Waals surface area contributed by atoms with Gasteiger partial charge in [-0.3, -0.25) is 0 Å². The smallest absolute Gasteiger partial charge is 0.230 e. The second-order valence-corrected chi connectivity index (χ2v) is 6.74. The summed E-state index contributed by atoms with van der Waals surface area (Å²) in [6.07, 6.45) is 0. The van der Waals surface area contributed by atoms with Crippen molar-refractivity contribution in [2.75, 3.05) is 36.9 Å². The number of nitrogens with zero attached hydrogens (tertiary/aromatic N) is 4. The summed E-state index contributed by atoms with van der Waals surface area (Å²) in [6, 6.07) is 8.31. The number of nitrogens with two attached hydrogens (primary N) is 1. The molecule has 0 unspecified atom stereocenters. The van der Waals surface area contributed by atoms with E-state index in [0.29, 0.717) is 25.0 Å². The van der Waals surface area contributed by atoms with Gasteiger partial charge in [0.15, 0.2) is 5.82 Å². The quantitative estimate of drug-likeness (QED) is 0.916. The SMILES string of the molecule is CC(C)(C)c1ccc(-c2nc(N)nc(N3CCOCC3)n2)cc1. The van der Waals surface area contributed by atoms with Crippen molar-refractivity contribution in [3.63, 3.8) is 0 Å². The van der Waals surface area contributed by atoms with Gasteiger partial charge < -0.3 is 15.4 Å². The van der Waals surface area contributed by atoms with E-state index in [0.717, 1.165) is 18.7 Å². The molecular weight excluding hydrogens is 290 g/mol. The Morgan fingerprint density at radius 1 is 1.00 bits per heavy atom. The van der Waals surface area contributed by atoms with Gasteiger partial charge in [-0.2, -0.15) is 15.0 Å². The van der Waals surface area contributed by atoms with Gasteiger partial charge in [0, 0.05) is 18.7 Å². The van der Waals surface area contributed by atoms with Crippen LogP contribution in [-0.2, 0) is 10.2 Å². The molecule has 1 saturated heterocycles. The van der Waals surface area contributed by atoms with Crippen molar-refractivity contribution in [2.45, 2.75) is 26.2 Å². The lowest BCUT2D eigenvalue weighted by molar-refractivity contribution is 0.122. The van der Waals surface area contributed by atoms with Crippen molar-refractivity contribution in [2.24, 2.45) is 0 Å².